The molecule has 2 aromatic heterocycles. The Labute approximate surface area is 176 Å². The second-order valence-corrected chi connectivity index (χ2v) is 8.83. The molecule has 1 aromatic carbocycles. The van der Waals surface area contributed by atoms with Gasteiger partial charge < -0.3 is 10.2 Å². The predicted octanol–water partition coefficient (Wildman–Crippen LogP) is 4.74. The van der Waals surface area contributed by atoms with E-state index in [-0.39, 0.29) is 5.91 Å². The zero-order chi connectivity index (χ0) is 20.2. The minimum atomic E-state index is -0.0206. The Morgan fingerprint density at radius 3 is 2.69 bits per heavy atom. The fourth-order valence-electron chi connectivity index (χ4n) is 4.22. The number of nitrogens with one attached hydrogen (secondary N) is 1. The third-order valence-electron chi connectivity index (χ3n) is 5.91. The van der Waals surface area contributed by atoms with Crippen molar-refractivity contribution in [2.75, 3.05) is 18.5 Å². The third kappa shape index (κ3) is 4.27. The van der Waals surface area contributed by atoms with Crippen molar-refractivity contribution < 1.29 is 4.79 Å². The number of hydrogen-bond donors (Lipinski definition) is 1. The molecule has 6 heteroatoms. The Morgan fingerprint density at radius 1 is 1.17 bits per heavy atom. The molecule has 1 saturated carbocycles. The zero-order valence-corrected chi connectivity index (χ0v) is 18.0. The summed E-state index contributed by atoms with van der Waals surface area (Å²) in [6.45, 7) is 2.64. The second kappa shape index (κ2) is 8.91. The third-order valence-corrected chi connectivity index (χ3v) is 7.11. The van der Waals surface area contributed by atoms with Crippen LogP contribution in [0, 0.1) is 6.92 Å². The van der Waals surface area contributed by atoms with Crippen molar-refractivity contribution in [1.29, 1.82) is 0 Å². The maximum absolute atomic E-state index is 12.8. The van der Waals surface area contributed by atoms with Crippen molar-refractivity contribution in [2.45, 2.75) is 51.5 Å². The van der Waals surface area contributed by atoms with Crippen LogP contribution in [0.25, 0.3) is 10.2 Å². The molecule has 0 spiro atoms. The number of hydrogen-bond acceptors (Lipinski definition) is 5. The number of rotatable bonds is 6. The lowest BCUT2D eigenvalue weighted by atomic mass is 9.94. The molecule has 2 heterocycles. The Hall–Kier alpha value is -2.47. The monoisotopic (exact) mass is 408 g/mol. The van der Waals surface area contributed by atoms with Crippen LogP contribution in [0.1, 0.15) is 52.9 Å². The van der Waals surface area contributed by atoms with Crippen LogP contribution in [-0.2, 0) is 6.42 Å². The zero-order valence-electron chi connectivity index (χ0n) is 17.1. The van der Waals surface area contributed by atoms with E-state index in [2.05, 4.69) is 39.4 Å². The number of fused-ring (bicyclic) bond motifs is 1. The van der Waals surface area contributed by atoms with E-state index in [0.717, 1.165) is 32.9 Å². The molecule has 1 aliphatic rings. The molecule has 152 valence electrons. The molecular weight excluding hydrogens is 380 g/mol. The molecule has 4 rings (SSSR count). The Bertz CT molecular complexity index is 979. The second-order valence-electron chi connectivity index (χ2n) is 7.83. The minimum absolute atomic E-state index is 0.0206. The number of nitrogens with zero attached hydrogens (tertiary/aromatic N) is 3. The maximum atomic E-state index is 12.8. The number of benzene rings is 1. The highest BCUT2D eigenvalue weighted by atomic mass is 32.1. The SMILES string of the molecule is Cc1c(C(=O)NCCc2ccccc2)sc2ncnc(N(C)C3CCCCC3)c12. The summed E-state index contributed by atoms with van der Waals surface area (Å²) >= 11 is 1.47. The smallest absolute Gasteiger partial charge is 0.261 e. The average Bonchev–Trinajstić information content (AvgIpc) is 3.11. The highest BCUT2D eigenvalue weighted by Crippen LogP contribution is 2.36. The van der Waals surface area contributed by atoms with Crippen LogP contribution >= 0.6 is 11.3 Å². The molecule has 29 heavy (non-hydrogen) atoms. The average molecular weight is 409 g/mol. The number of carbonyl (C=O) groups excluding carboxylic acids is 1. The normalized spacial score (nSPS) is 14.8. The lowest BCUT2D eigenvalue weighted by molar-refractivity contribution is 0.0957. The number of carbonyl (C=O) groups is 1. The standard InChI is InChI=1S/C23H28N4OS/c1-16-19-21(27(2)18-11-7-4-8-12-18)25-15-26-23(19)29-20(16)22(28)24-14-13-17-9-5-3-6-10-17/h3,5-6,9-10,15,18H,4,7-8,11-14H2,1-2H3,(H,24,28). The summed E-state index contributed by atoms with van der Waals surface area (Å²) in [4.78, 5) is 25.9. The molecule has 0 aliphatic heterocycles. The number of anilines is 1. The van der Waals surface area contributed by atoms with Gasteiger partial charge >= 0.3 is 0 Å². The van der Waals surface area contributed by atoms with Gasteiger partial charge in [0.2, 0.25) is 0 Å². The Kier molecular flexibility index (Phi) is 6.09. The van der Waals surface area contributed by atoms with E-state index in [1.54, 1.807) is 6.33 Å². The molecule has 0 saturated heterocycles. The highest BCUT2D eigenvalue weighted by Gasteiger charge is 2.24. The van der Waals surface area contributed by atoms with E-state index in [1.165, 1.54) is 49.0 Å². The summed E-state index contributed by atoms with van der Waals surface area (Å²) in [7, 11) is 2.13. The molecule has 1 amide bonds. The van der Waals surface area contributed by atoms with Crippen LogP contribution in [0.5, 0.6) is 0 Å². The number of aromatic nitrogens is 2. The highest BCUT2D eigenvalue weighted by molar-refractivity contribution is 7.20. The number of amides is 1. The van der Waals surface area contributed by atoms with Crippen molar-refractivity contribution in [3.63, 3.8) is 0 Å². The van der Waals surface area contributed by atoms with E-state index in [1.807, 2.05) is 25.1 Å². The topological polar surface area (TPSA) is 58.1 Å². The molecule has 1 aliphatic carbocycles. The fourth-order valence-corrected chi connectivity index (χ4v) is 5.28. The van der Waals surface area contributed by atoms with Gasteiger partial charge in [-0.2, -0.15) is 0 Å². The van der Waals surface area contributed by atoms with E-state index in [4.69, 9.17) is 0 Å². The van der Waals surface area contributed by atoms with Crippen LogP contribution in [0.4, 0.5) is 5.82 Å². The van der Waals surface area contributed by atoms with Crippen molar-refractivity contribution >= 4 is 33.3 Å². The van der Waals surface area contributed by atoms with E-state index < -0.39 is 0 Å². The molecule has 1 N–H and O–H groups in total. The largest absolute Gasteiger partial charge is 0.356 e. The van der Waals surface area contributed by atoms with Gasteiger partial charge in [-0.25, -0.2) is 9.97 Å². The van der Waals surface area contributed by atoms with Gasteiger partial charge in [0.05, 0.1) is 10.3 Å². The lowest BCUT2D eigenvalue weighted by Gasteiger charge is -2.32. The molecule has 0 atom stereocenters. The fraction of sp³-hybridized carbons (Fsp3) is 0.435. The summed E-state index contributed by atoms with van der Waals surface area (Å²) in [6.07, 6.45) is 8.75. The summed E-state index contributed by atoms with van der Waals surface area (Å²) in [5, 5.41) is 4.10. The lowest BCUT2D eigenvalue weighted by Crippen LogP contribution is -2.34. The minimum Gasteiger partial charge on any atom is -0.356 e. The van der Waals surface area contributed by atoms with E-state index >= 15 is 0 Å². The van der Waals surface area contributed by atoms with E-state index in [9.17, 15) is 4.79 Å². The number of thiophene rings is 1. The van der Waals surface area contributed by atoms with E-state index in [0.29, 0.717) is 12.6 Å². The van der Waals surface area contributed by atoms with Gasteiger partial charge in [0.15, 0.2) is 0 Å². The molecule has 5 nitrogen and oxygen atoms in total. The first-order chi connectivity index (χ1) is 14.1. The van der Waals surface area contributed by atoms with Crippen molar-refractivity contribution in [3.8, 4) is 0 Å². The predicted molar refractivity (Wildman–Crippen MR) is 120 cm³/mol. The van der Waals surface area contributed by atoms with Gasteiger partial charge in [-0.3, -0.25) is 4.79 Å². The first-order valence-electron chi connectivity index (χ1n) is 10.4. The summed E-state index contributed by atoms with van der Waals surface area (Å²) < 4.78 is 0. The first kappa shape index (κ1) is 19.8. The maximum Gasteiger partial charge on any atom is 0.261 e. The van der Waals surface area contributed by atoms with Gasteiger partial charge in [0.25, 0.3) is 5.91 Å². The van der Waals surface area contributed by atoms with Crippen LogP contribution < -0.4 is 10.2 Å². The Morgan fingerprint density at radius 2 is 1.93 bits per heavy atom. The van der Waals surface area contributed by atoms with Gasteiger partial charge in [-0.05, 0) is 37.3 Å². The van der Waals surface area contributed by atoms with Crippen molar-refractivity contribution in [3.05, 3.63) is 52.7 Å². The molecular formula is C23H28N4OS. The summed E-state index contributed by atoms with van der Waals surface area (Å²) in [5.41, 5.74) is 2.21. The van der Waals surface area contributed by atoms with Crippen LogP contribution in [0.2, 0.25) is 0 Å². The van der Waals surface area contributed by atoms with Crippen LogP contribution in [0.15, 0.2) is 36.7 Å². The molecule has 1 fully saturated rings. The molecule has 0 bridgehead atoms. The van der Waals surface area contributed by atoms with Crippen molar-refractivity contribution in [1.82, 2.24) is 15.3 Å². The first-order valence-corrected chi connectivity index (χ1v) is 11.3. The van der Waals surface area contributed by atoms with Crippen molar-refractivity contribution in [2.24, 2.45) is 0 Å². The summed E-state index contributed by atoms with van der Waals surface area (Å²) in [5.74, 6) is 0.937. The number of aryl methyl sites for hydroxylation is 1. The van der Waals surface area contributed by atoms with Crippen LogP contribution in [-0.4, -0.2) is 35.5 Å². The van der Waals surface area contributed by atoms with Gasteiger partial charge in [0.1, 0.15) is 17.0 Å². The molecule has 0 unspecified atom stereocenters. The Balaban J connectivity index is 1.53. The molecule has 0 radical (unpaired) electrons. The van der Waals surface area contributed by atoms with Crippen LogP contribution in [0.3, 0.4) is 0 Å². The van der Waals surface area contributed by atoms with Gasteiger partial charge in [-0.1, -0.05) is 49.6 Å². The van der Waals surface area contributed by atoms with Gasteiger partial charge in [0, 0.05) is 19.6 Å². The molecule has 3 aromatic rings. The summed E-state index contributed by atoms with van der Waals surface area (Å²) in [6, 6.07) is 10.7. The van der Waals surface area contributed by atoms with Gasteiger partial charge in [-0.15, -0.1) is 11.3 Å². The quantitative estimate of drug-likeness (QED) is 0.640.